The predicted molar refractivity (Wildman–Crippen MR) is 152 cm³/mol. The lowest BCUT2D eigenvalue weighted by Gasteiger charge is -2.28. The SMILES string of the molecule is CC(C(=O)NCc1ccccn1)N(Cc1ccc(F)cc1)C(=O)COc1ccc(S(=O)(=O)Nc2ccc(F)cc2)cc1. The largest absolute Gasteiger partial charge is 0.484 e. The highest BCUT2D eigenvalue weighted by Gasteiger charge is 2.26. The first-order chi connectivity index (χ1) is 20.1. The van der Waals surface area contributed by atoms with Crippen LogP contribution in [0.4, 0.5) is 14.5 Å². The molecule has 3 aromatic carbocycles. The Morgan fingerprint density at radius 3 is 2.17 bits per heavy atom. The number of rotatable bonds is 12. The van der Waals surface area contributed by atoms with Gasteiger partial charge in [0.1, 0.15) is 23.4 Å². The average molecular weight is 595 g/mol. The molecule has 1 heterocycles. The highest BCUT2D eigenvalue weighted by Crippen LogP contribution is 2.20. The summed E-state index contributed by atoms with van der Waals surface area (Å²) in [4.78, 5) is 31.6. The van der Waals surface area contributed by atoms with E-state index in [0.29, 0.717) is 11.3 Å². The number of carbonyl (C=O) groups is 2. The normalized spacial score (nSPS) is 11.8. The van der Waals surface area contributed by atoms with Crippen LogP contribution in [0.1, 0.15) is 18.2 Å². The van der Waals surface area contributed by atoms with Crippen molar-refractivity contribution in [2.24, 2.45) is 0 Å². The molecule has 4 rings (SSSR count). The van der Waals surface area contributed by atoms with E-state index in [1.807, 2.05) is 0 Å². The van der Waals surface area contributed by atoms with Crippen molar-refractivity contribution >= 4 is 27.5 Å². The first-order valence-electron chi connectivity index (χ1n) is 12.8. The Kier molecular flexibility index (Phi) is 9.81. The summed E-state index contributed by atoms with van der Waals surface area (Å²) in [5, 5.41) is 2.77. The molecule has 0 radical (unpaired) electrons. The van der Waals surface area contributed by atoms with Gasteiger partial charge < -0.3 is 15.0 Å². The van der Waals surface area contributed by atoms with Crippen molar-refractivity contribution in [2.45, 2.75) is 31.0 Å². The van der Waals surface area contributed by atoms with Crippen LogP contribution in [0.3, 0.4) is 0 Å². The molecule has 0 saturated heterocycles. The fourth-order valence-electron chi connectivity index (χ4n) is 3.87. The summed E-state index contributed by atoms with van der Waals surface area (Å²) in [5.74, 6) is -1.64. The van der Waals surface area contributed by atoms with Gasteiger partial charge >= 0.3 is 0 Å². The van der Waals surface area contributed by atoms with Crippen molar-refractivity contribution in [1.82, 2.24) is 15.2 Å². The molecule has 0 aliphatic rings. The van der Waals surface area contributed by atoms with Gasteiger partial charge in [-0.05, 0) is 85.3 Å². The number of ether oxygens (including phenoxy) is 1. The van der Waals surface area contributed by atoms with Crippen LogP contribution in [0.25, 0.3) is 0 Å². The zero-order valence-electron chi connectivity index (χ0n) is 22.5. The highest BCUT2D eigenvalue weighted by molar-refractivity contribution is 7.92. The summed E-state index contributed by atoms with van der Waals surface area (Å²) in [5.41, 5.74) is 1.45. The highest BCUT2D eigenvalue weighted by atomic mass is 32.2. The Bertz CT molecular complexity index is 1600. The third-order valence-electron chi connectivity index (χ3n) is 6.20. The number of halogens is 2. The van der Waals surface area contributed by atoms with Crippen molar-refractivity contribution in [2.75, 3.05) is 11.3 Å². The summed E-state index contributed by atoms with van der Waals surface area (Å²) in [6.45, 7) is 1.32. The van der Waals surface area contributed by atoms with Gasteiger partial charge in [-0.3, -0.25) is 19.3 Å². The van der Waals surface area contributed by atoms with Crippen molar-refractivity contribution < 1.29 is 31.5 Å². The summed E-state index contributed by atoms with van der Waals surface area (Å²) in [7, 11) is -3.95. The first kappa shape index (κ1) is 30.1. The molecule has 9 nitrogen and oxygen atoms in total. The van der Waals surface area contributed by atoms with E-state index in [-0.39, 0.29) is 29.4 Å². The van der Waals surface area contributed by atoms with Gasteiger partial charge in [0.25, 0.3) is 15.9 Å². The third kappa shape index (κ3) is 8.33. The van der Waals surface area contributed by atoms with Crippen LogP contribution in [0.15, 0.2) is 102 Å². The number of nitrogens with one attached hydrogen (secondary N) is 2. The number of benzene rings is 3. The predicted octanol–water partition coefficient (Wildman–Crippen LogP) is 4.27. The van der Waals surface area contributed by atoms with Gasteiger partial charge in [0, 0.05) is 18.4 Å². The summed E-state index contributed by atoms with van der Waals surface area (Å²) >= 11 is 0. The topological polar surface area (TPSA) is 118 Å². The molecule has 0 saturated carbocycles. The molecular formula is C30H28F2N4O5S. The van der Waals surface area contributed by atoms with Gasteiger partial charge in [-0.25, -0.2) is 17.2 Å². The second kappa shape index (κ2) is 13.7. The maximum Gasteiger partial charge on any atom is 0.261 e. The fourth-order valence-corrected chi connectivity index (χ4v) is 4.93. The van der Waals surface area contributed by atoms with Crippen molar-refractivity contribution in [3.63, 3.8) is 0 Å². The second-order valence-corrected chi connectivity index (χ2v) is 10.9. The molecule has 1 atom stereocenters. The Morgan fingerprint density at radius 1 is 0.905 bits per heavy atom. The number of hydrogen-bond donors (Lipinski definition) is 2. The van der Waals surface area contributed by atoms with Gasteiger partial charge in [0.05, 0.1) is 17.1 Å². The Morgan fingerprint density at radius 2 is 1.55 bits per heavy atom. The van der Waals surface area contributed by atoms with E-state index >= 15 is 0 Å². The molecule has 2 N–H and O–H groups in total. The first-order valence-corrected chi connectivity index (χ1v) is 14.3. The van der Waals surface area contributed by atoms with Crippen LogP contribution in [0, 0.1) is 11.6 Å². The van der Waals surface area contributed by atoms with Crippen LogP contribution < -0.4 is 14.8 Å². The molecule has 4 aromatic rings. The number of hydrogen-bond acceptors (Lipinski definition) is 6. The molecule has 0 fully saturated rings. The van der Waals surface area contributed by atoms with E-state index in [9.17, 15) is 26.8 Å². The molecule has 1 unspecified atom stereocenters. The summed E-state index contributed by atoms with van der Waals surface area (Å²) in [6, 6.07) is 20.2. The number of anilines is 1. The molecule has 12 heteroatoms. The average Bonchev–Trinajstić information content (AvgIpc) is 3.00. The van der Waals surface area contributed by atoms with E-state index < -0.39 is 46.1 Å². The van der Waals surface area contributed by atoms with Gasteiger partial charge in [-0.15, -0.1) is 0 Å². The Balaban J connectivity index is 1.41. The molecule has 1 aromatic heterocycles. The monoisotopic (exact) mass is 594 g/mol. The second-order valence-electron chi connectivity index (χ2n) is 9.24. The molecular weight excluding hydrogens is 566 g/mol. The minimum absolute atomic E-state index is 0.0207. The van der Waals surface area contributed by atoms with Gasteiger partial charge in [-0.2, -0.15) is 0 Å². The van der Waals surface area contributed by atoms with Gasteiger partial charge in [0.2, 0.25) is 5.91 Å². The lowest BCUT2D eigenvalue weighted by atomic mass is 10.1. The third-order valence-corrected chi connectivity index (χ3v) is 7.59. The molecule has 0 aliphatic heterocycles. The van der Waals surface area contributed by atoms with Crippen LogP contribution in [-0.4, -0.2) is 42.8 Å². The lowest BCUT2D eigenvalue weighted by Crippen LogP contribution is -2.48. The zero-order chi connectivity index (χ0) is 30.1. The van der Waals surface area contributed by atoms with E-state index in [1.54, 1.807) is 31.3 Å². The van der Waals surface area contributed by atoms with E-state index in [2.05, 4.69) is 15.0 Å². The van der Waals surface area contributed by atoms with E-state index in [0.717, 1.165) is 12.1 Å². The lowest BCUT2D eigenvalue weighted by molar-refractivity contribution is -0.142. The molecule has 2 amide bonds. The van der Waals surface area contributed by atoms with Crippen LogP contribution in [0.5, 0.6) is 5.75 Å². The van der Waals surface area contributed by atoms with E-state index in [1.165, 1.54) is 65.6 Å². The standard InChI is InChI=1S/C30H28F2N4O5S/c1-21(30(38)34-18-26-4-2-3-17-33-26)36(19-22-5-7-23(31)8-6-22)29(37)20-41-27-13-15-28(16-14-27)42(39,40)35-25-11-9-24(32)10-12-25/h2-17,21,35H,18-20H2,1H3,(H,34,38). The van der Waals surface area contributed by atoms with Crippen molar-refractivity contribution in [3.05, 3.63) is 120 Å². The molecule has 218 valence electrons. The van der Waals surface area contributed by atoms with Gasteiger partial charge in [0.15, 0.2) is 6.61 Å². The van der Waals surface area contributed by atoms with Crippen molar-refractivity contribution in [3.8, 4) is 5.75 Å². The van der Waals surface area contributed by atoms with Crippen molar-refractivity contribution in [1.29, 1.82) is 0 Å². The number of amides is 2. The maximum absolute atomic E-state index is 13.4. The number of aromatic nitrogens is 1. The quantitative estimate of drug-likeness (QED) is 0.253. The number of pyridine rings is 1. The smallest absolute Gasteiger partial charge is 0.261 e. The number of carbonyl (C=O) groups excluding carboxylic acids is 2. The molecule has 0 spiro atoms. The van der Waals surface area contributed by atoms with Crippen LogP contribution >= 0.6 is 0 Å². The molecule has 0 bridgehead atoms. The minimum Gasteiger partial charge on any atom is -0.484 e. The summed E-state index contributed by atoms with van der Waals surface area (Å²) in [6.07, 6.45) is 1.61. The van der Waals surface area contributed by atoms with Gasteiger partial charge in [-0.1, -0.05) is 18.2 Å². The Labute approximate surface area is 242 Å². The number of nitrogens with zero attached hydrogens (tertiary/aromatic N) is 2. The summed E-state index contributed by atoms with van der Waals surface area (Å²) < 4.78 is 59.8. The van der Waals surface area contributed by atoms with Crippen LogP contribution in [-0.2, 0) is 32.7 Å². The van der Waals surface area contributed by atoms with Crippen LogP contribution in [0.2, 0.25) is 0 Å². The fraction of sp³-hybridized carbons (Fsp3) is 0.167. The van der Waals surface area contributed by atoms with E-state index in [4.69, 9.17) is 4.74 Å². The maximum atomic E-state index is 13.4. The molecule has 42 heavy (non-hydrogen) atoms. The Hall–Kier alpha value is -4.84. The zero-order valence-corrected chi connectivity index (χ0v) is 23.4. The molecule has 0 aliphatic carbocycles. The minimum atomic E-state index is -3.95. The number of sulfonamides is 1.